The number of rotatable bonds is 4. The van der Waals surface area contributed by atoms with E-state index in [-0.39, 0.29) is 4.90 Å². The van der Waals surface area contributed by atoms with Gasteiger partial charge in [0, 0.05) is 23.1 Å². The van der Waals surface area contributed by atoms with Gasteiger partial charge in [0.1, 0.15) is 4.90 Å². The Kier molecular flexibility index (Phi) is 3.41. The lowest BCUT2D eigenvalue weighted by molar-refractivity contribution is 0.447. The minimum absolute atomic E-state index is 0.136. The lowest BCUT2D eigenvalue weighted by Gasteiger charge is -2.06. The molecule has 0 atom stereocenters. The van der Waals surface area contributed by atoms with Crippen molar-refractivity contribution in [2.75, 3.05) is 6.67 Å². The molecule has 18 heavy (non-hydrogen) atoms. The van der Waals surface area contributed by atoms with Crippen LogP contribution in [-0.2, 0) is 16.6 Å². The maximum absolute atomic E-state index is 12.3. The van der Waals surface area contributed by atoms with Crippen molar-refractivity contribution >= 4 is 20.9 Å². The number of benzene rings is 1. The third-order valence-corrected chi connectivity index (χ3v) is 4.06. The van der Waals surface area contributed by atoms with E-state index in [1.54, 1.807) is 23.6 Å². The Bertz CT molecular complexity index is 677. The van der Waals surface area contributed by atoms with Crippen molar-refractivity contribution in [1.29, 1.82) is 0 Å². The Morgan fingerprint density at radius 3 is 2.61 bits per heavy atom. The van der Waals surface area contributed by atoms with Gasteiger partial charge in [0.15, 0.2) is 0 Å². The number of nitrogens with zero attached hydrogens (tertiary/aromatic N) is 1. The van der Waals surface area contributed by atoms with Gasteiger partial charge >= 0.3 is 0 Å². The molecule has 98 valence electrons. The fourth-order valence-corrected chi connectivity index (χ4v) is 3.27. The van der Waals surface area contributed by atoms with Gasteiger partial charge in [-0.15, -0.1) is 0 Å². The number of aromatic nitrogens is 1. The Morgan fingerprint density at radius 2 is 2.00 bits per heavy atom. The van der Waals surface area contributed by atoms with Gasteiger partial charge in [-0.05, 0) is 19.4 Å². The number of halogens is 1. The molecule has 0 spiro atoms. The van der Waals surface area contributed by atoms with Crippen molar-refractivity contribution in [2.45, 2.75) is 24.8 Å². The zero-order chi connectivity index (χ0) is 13.3. The third-order valence-electron chi connectivity index (χ3n) is 2.97. The van der Waals surface area contributed by atoms with Crippen LogP contribution in [0.4, 0.5) is 4.39 Å². The summed E-state index contributed by atoms with van der Waals surface area (Å²) in [6.45, 7) is 1.70. The number of hydrogen-bond donors (Lipinski definition) is 1. The molecule has 2 N–H and O–H groups in total. The summed E-state index contributed by atoms with van der Waals surface area (Å²) in [5.74, 6) is 0. The van der Waals surface area contributed by atoms with Gasteiger partial charge in [-0.1, -0.05) is 18.2 Å². The Labute approximate surface area is 105 Å². The van der Waals surface area contributed by atoms with E-state index in [4.69, 9.17) is 5.14 Å². The van der Waals surface area contributed by atoms with Crippen molar-refractivity contribution in [1.82, 2.24) is 4.57 Å². The highest BCUT2D eigenvalue weighted by molar-refractivity contribution is 7.89. The number of hydrogen-bond acceptors (Lipinski definition) is 2. The molecule has 0 radical (unpaired) electrons. The van der Waals surface area contributed by atoms with Crippen LogP contribution in [0.5, 0.6) is 0 Å². The average molecular weight is 270 g/mol. The number of aryl methyl sites for hydroxylation is 1. The molecule has 0 unspecified atom stereocenters. The van der Waals surface area contributed by atoms with Gasteiger partial charge in [0.25, 0.3) is 0 Å². The number of fused-ring (bicyclic) bond motifs is 1. The number of sulfonamides is 1. The molecule has 4 nitrogen and oxygen atoms in total. The first-order chi connectivity index (χ1) is 8.46. The first kappa shape index (κ1) is 13.0. The maximum atomic E-state index is 12.3. The first-order valence-electron chi connectivity index (χ1n) is 5.63. The summed E-state index contributed by atoms with van der Waals surface area (Å²) in [5, 5.41) is 5.84. The summed E-state index contributed by atoms with van der Waals surface area (Å²) in [5.41, 5.74) is 1.33. The second kappa shape index (κ2) is 4.70. The molecule has 1 aromatic heterocycles. The Hall–Kier alpha value is -1.40. The minimum Gasteiger partial charge on any atom is -0.343 e. The Morgan fingerprint density at radius 1 is 1.33 bits per heavy atom. The molecule has 0 fully saturated rings. The van der Waals surface area contributed by atoms with E-state index in [9.17, 15) is 12.8 Å². The molecule has 6 heteroatoms. The summed E-state index contributed by atoms with van der Waals surface area (Å²) in [4.78, 5) is 0.136. The highest BCUT2D eigenvalue weighted by Crippen LogP contribution is 2.28. The largest absolute Gasteiger partial charge is 0.343 e. The van der Waals surface area contributed by atoms with E-state index < -0.39 is 16.7 Å². The quantitative estimate of drug-likeness (QED) is 0.923. The van der Waals surface area contributed by atoms with Gasteiger partial charge in [-0.3, -0.25) is 4.39 Å². The first-order valence-corrected chi connectivity index (χ1v) is 7.18. The molecule has 0 aliphatic heterocycles. The van der Waals surface area contributed by atoms with Crippen LogP contribution < -0.4 is 5.14 Å². The van der Waals surface area contributed by atoms with Crippen LogP contribution >= 0.6 is 0 Å². The summed E-state index contributed by atoms with van der Waals surface area (Å²) in [6, 6.07) is 7.11. The van der Waals surface area contributed by atoms with Crippen molar-refractivity contribution in [3.8, 4) is 0 Å². The minimum atomic E-state index is -3.78. The van der Waals surface area contributed by atoms with Crippen molar-refractivity contribution in [3.63, 3.8) is 0 Å². The monoisotopic (exact) mass is 270 g/mol. The summed E-state index contributed by atoms with van der Waals surface area (Å²) < 4.78 is 37.4. The molecular formula is C12H15FN2O2S. The van der Waals surface area contributed by atoms with E-state index >= 15 is 0 Å². The fourth-order valence-electron chi connectivity index (χ4n) is 2.26. The van der Waals surface area contributed by atoms with Crippen molar-refractivity contribution in [2.24, 2.45) is 5.14 Å². The summed E-state index contributed by atoms with van der Waals surface area (Å²) in [7, 11) is -3.78. The van der Waals surface area contributed by atoms with Gasteiger partial charge < -0.3 is 4.57 Å². The number of nitrogens with two attached hydrogens (primary N) is 1. The van der Waals surface area contributed by atoms with Crippen LogP contribution in [0.2, 0.25) is 0 Å². The Balaban J connectivity index is 2.76. The third kappa shape index (κ3) is 2.13. The van der Waals surface area contributed by atoms with E-state index in [2.05, 4.69) is 0 Å². The molecule has 1 heterocycles. The normalized spacial score (nSPS) is 12.2. The molecule has 0 bridgehead atoms. The van der Waals surface area contributed by atoms with Crippen LogP contribution in [0.3, 0.4) is 0 Å². The van der Waals surface area contributed by atoms with Crippen molar-refractivity contribution < 1.29 is 12.8 Å². The molecule has 0 aliphatic carbocycles. The molecule has 0 saturated carbocycles. The molecule has 1 aromatic carbocycles. The van der Waals surface area contributed by atoms with E-state index in [0.29, 0.717) is 24.0 Å². The standard InChI is InChI=1S/C12H15FN2O2S/c1-9-12(18(14,16)17)10-5-2-3-6-11(10)15(9)8-4-7-13/h2-3,5-6H,4,7-8H2,1H3,(H2,14,16,17). The predicted octanol–water partition coefficient (Wildman–Crippen LogP) is 1.96. The predicted molar refractivity (Wildman–Crippen MR) is 68.6 cm³/mol. The van der Waals surface area contributed by atoms with Crippen LogP contribution in [-0.4, -0.2) is 19.7 Å². The van der Waals surface area contributed by atoms with Crippen LogP contribution in [0.15, 0.2) is 29.2 Å². The van der Waals surface area contributed by atoms with Gasteiger partial charge in [-0.2, -0.15) is 0 Å². The van der Waals surface area contributed by atoms with Crippen LogP contribution in [0.25, 0.3) is 10.9 Å². The molecule has 0 aliphatic rings. The molecule has 2 aromatic rings. The maximum Gasteiger partial charge on any atom is 0.240 e. The second-order valence-electron chi connectivity index (χ2n) is 4.17. The van der Waals surface area contributed by atoms with E-state index in [1.807, 2.05) is 12.1 Å². The topological polar surface area (TPSA) is 65.1 Å². The van der Waals surface area contributed by atoms with E-state index in [0.717, 1.165) is 5.52 Å². The van der Waals surface area contributed by atoms with Crippen LogP contribution in [0.1, 0.15) is 12.1 Å². The van der Waals surface area contributed by atoms with Gasteiger partial charge in [0.2, 0.25) is 10.0 Å². The molecular weight excluding hydrogens is 255 g/mol. The van der Waals surface area contributed by atoms with Crippen LogP contribution in [0, 0.1) is 6.92 Å². The zero-order valence-electron chi connectivity index (χ0n) is 10.1. The van der Waals surface area contributed by atoms with Gasteiger partial charge in [-0.25, -0.2) is 13.6 Å². The SMILES string of the molecule is Cc1c(S(N)(=O)=O)c2ccccc2n1CCCF. The average Bonchev–Trinajstić information content (AvgIpc) is 2.58. The molecule has 0 saturated heterocycles. The van der Waals surface area contributed by atoms with Gasteiger partial charge in [0.05, 0.1) is 6.67 Å². The number of primary sulfonamides is 1. The summed E-state index contributed by atoms with van der Waals surface area (Å²) in [6.07, 6.45) is 0.351. The lowest BCUT2D eigenvalue weighted by atomic mass is 10.2. The zero-order valence-corrected chi connectivity index (χ0v) is 10.9. The summed E-state index contributed by atoms with van der Waals surface area (Å²) >= 11 is 0. The number of para-hydroxylation sites is 1. The highest BCUT2D eigenvalue weighted by Gasteiger charge is 2.21. The number of alkyl halides is 1. The van der Waals surface area contributed by atoms with Crippen molar-refractivity contribution in [3.05, 3.63) is 30.0 Å². The molecule has 0 amide bonds. The lowest BCUT2D eigenvalue weighted by Crippen LogP contribution is -2.13. The highest BCUT2D eigenvalue weighted by atomic mass is 32.2. The molecule has 2 rings (SSSR count). The van der Waals surface area contributed by atoms with E-state index in [1.165, 1.54) is 0 Å². The fraction of sp³-hybridized carbons (Fsp3) is 0.333. The smallest absolute Gasteiger partial charge is 0.240 e. The second-order valence-corrected chi connectivity index (χ2v) is 5.67.